The first-order valence-electron chi connectivity index (χ1n) is 8.54. The summed E-state index contributed by atoms with van der Waals surface area (Å²) in [6.07, 6.45) is 0. The Balaban J connectivity index is 1.64. The van der Waals surface area contributed by atoms with Gasteiger partial charge in [0.2, 0.25) is 0 Å². The van der Waals surface area contributed by atoms with Crippen LogP contribution in [0.15, 0.2) is 68.9 Å². The van der Waals surface area contributed by atoms with Crippen molar-refractivity contribution in [3.63, 3.8) is 0 Å². The number of carbonyl (C=O) groups excluding carboxylic acids is 1. The monoisotopic (exact) mass is 520 g/mol. The van der Waals surface area contributed by atoms with E-state index in [4.69, 9.17) is 0 Å². The molecule has 3 nitrogen and oxygen atoms in total. The Morgan fingerprint density at radius 3 is 2.61 bits per heavy atom. The summed E-state index contributed by atoms with van der Waals surface area (Å²) >= 11 is 8.64. The van der Waals surface area contributed by atoms with Crippen molar-refractivity contribution in [2.45, 2.75) is 13.1 Å². The molecule has 0 unspecified atom stereocenters. The molecule has 1 amide bonds. The molecule has 2 aromatic carbocycles. The highest BCUT2D eigenvalue weighted by Gasteiger charge is 2.19. The van der Waals surface area contributed by atoms with Crippen LogP contribution in [0.3, 0.4) is 0 Å². The molecule has 4 aromatic rings. The number of thiophene rings is 1. The van der Waals surface area contributed by atoms with Crippen LogP contribution in [-0.4, -0.2) is 10.5 Å². The van der Waals surface area contributed by atoms with Gasteiger partial charge in [-0.05, 0) is 57.4 Å². The van der Waals surface area contributed by atoms with Crippen molar-refractivity contribution in [1.29, 1.82) is 0 Å². The third-order valence-electron chi connectivity index (χ3n) is 4.41. The van der Waals surface area contributed by atoms with Crippen LogP contribution in [-0.2, 0) is 13.1 Å². The molecule has 0 fully saturated rings. The second-order valence-electron chi connectivity index (χ2n) is 6.35. The first-order valence-corrected chi connectivity index (χ1v) is 11.0. The number of nitrogens with zero attached hydrogens (tertiary/aromatic N) is 1. The van der Waals surface area contributed by atoms with Crippen molar-refractivity contribution < 1.29 is 9.18 Å². The molecule has 2 heterocycles. The van der Waals surface area contributed by atoms with Gasteiger partial charge in [-0.15, -0.1) is 11.3 Å². The van der Waals surface area contributed by atoms with E-state index in [0.717, 1.165) is 30.3 Å². The van der Waals surface area contributed by atoms with Crippen LogP contribution in [0.2, 0.25) is 0 Å². The number of hydrogen-bond acceptors (Lipinski definition) is 2. The molecule has 2 aromatic heterocycles. The number of amides is 1. The van der Waals surface area contributed by atoms with E-state index in [1.165, 1.54) is 12.1 Å². The highest BCUT2D eigenvalue weighted by Crippen LogP contribution is 2.34. The van der Waals surface area contributed by atoms with E-state index in [-0.39, 0.29) is 18.3 Å². The molecule has 0 atom stereocenters. The first kappa shape index (κ1) is 19.4. The summed E-state index contributed by atoms with van der Waals surface area (Å²) in [5, 5.41) is 4.93. The maximum atomic E-state index is 13.4. The molecule has 0 radical (unpaired) electrons. The Kier molecular flexibility index (Phi) is 5.66. The third kappa shape index (κ3) is 4.06. The number of rotatable bonds is 5. The molecule has 0 bridgehead atoms. The van der Waals surface area contributed by atoms with Gasteiger partial charge in [0.15, 0.2) is 0 Å². The van der Waals surface area contributed by atoms with Crippen LogP contribution >= 0.6 is 43.2 Å². The zero-order valence-electron chi connectivity index (χ0n) is 14.6. The Labute approximate surface area is 182 Å². The summed E-state index contributed by atoms with van der Waals surface area (Å²) in [6.45, 7) is 0.851. The maximum Gasteiger partial charge on any atom is 0.268 e. The lowest BCUT2D eigenvalue weighted by Gasteiger charge is -2.12. The standard InChI is InChI=1S/C21H15Br2FN2OS/c22-15-6-4-13(5-7-15)11-26-18(9-19-20(26)17(23)12-28-19)21(27)25-10-14-2-1-3-16(24)8-14/h1-9,12H,10-11H2,(H,25,27). The number of benzene rings is 2. The van der Waals surface area contributed by atoms with E-state index in [2.05, 4.69) is 37.2 Å². The van der Waals surface area contributed by atoms with E-state index in [1.807, 2.05) is 40.3 Å². The summed E-state index contributed by atoms with van der Waals surface area (Å²) in [6, 6.07) is 16.2. The SMILES string of the molecule is O=C(NCc1cccc(F)c1)c1cc2scc(Br)c2n1Cc1ccc(Br)cc1. The van der Waals surface area contributed by atoms with Gasteiger partial charge < -0.3 is 9.88 Å². The molecule has 142 valence electrons. The van der Waals surface area contributed by atoms with Crippen molar-refractivity contribution >= 4 is 59.3 Å². The lowest BCUT2D eigenvalue weighted by Crippen LogP contribution is -2.25. The zero-order valence-corrected chi connectivity index (χ0v) is 18.6. The summed E-state index contributed by atoms with van der Waals surface area (Å²) in [5.41, 5.74) is 3.41. The van der Waals surface area contributed by atoms with Crippen molar-refractivity contribution in [2.24, 2.45) is 0 Å². The lowest BCUT2D eigenvalue weighted by molar-refractivity contribution is 0.0942. The predicted molar refractivity (Wildman–Crippen MR) is 118 cm³/mol. The maximum absolute atomic E-state index is 13.4. The van der Waals surface area contributed by atoms with E-state index < -0.39 is 0 Å². The van der Waals surface area contributed by atoms with Gasteiger partial charge in [-0.3, -0.25) is 4.79 Å². The minimum Gasteiger partial charge on any atom is -0.347 e. The fourth-order valence-corrected chi connectivity index (χ4v) is 5.03. The van der Waals surface area contributed by atoms with Crippen molar-refractivity contribution in [1.82, 2.24) is 9.88 Å². The number of carbonyl (C=O) groups is 1. The molecule has 0 aliphatic rings. The van der Waals surface area contributed by atoms with E-state index in [0.29, 0.717) is 12.2 Å². The van der Waals surface area contributed by atoms with Gasteiger partial charge in [-0.1, -0.05) is 40.2 Å². The Hall–Kier alpha value is -1.96. The fourth-order valence-electron chi connectivity index (χ4n) is 3.08. The molecule has 0 saturated carbocycles. The number of halogens is 3. The van der Waals surface area contributed by atoms with E-state index in [9.17, 15) is 9.18 Å². The van der Waals surface area contributed by atoms with Gasteiger partial charge in [-0.2, -0.15) is 0 Å². The second kappa shape index (κ2) is 8.19. The number of nitrogens with one attached hydrogen (secondary N) is 1. The minimum absolute atomic E-state index is 0.184. The van der Waals surface area contributed by atoms with Gasteiger partial charge >= 0.3 is 0 Å². The predicted octanol–water partition coefficient (Wildman–Crippen LogP) is 6.35. The van der Waals surface area contributed by atoms with Crippen LogP contribution < -0.4 is 5.32 Å². The number of aromatic nitrogens is 1. The van der Waals surface area contributed by atoms with Gasteiger partial charge in [0, 0.05) is 22.9 Å². The molecule has 0 spiro atoms. The summed E-state index contributed by atoms with van der Waals surface area (Å²) in [4.78, 5) is 12.9. The van der Waals surface area contributed by atoms with Crippen LogP contribution in [0.25, 0.3) is 10.2 Å². The fraction of sp³-hybridized carbons (Fsp3) is 0.0952. The molecule has 28 heavy (non-hydrogen) atoms. The highest BCUT2D eigenvalue weighted by atomic mass is 79.9. The number of hydrogen-bond donors (Lipinski definition) is 1. The molecule has 0 saturated heterocycles. The smallest absolute Gasteiger partial charge is 0.268 e. The Bertz CT molecular complexity index is 1150. The van der Waals surface area contributed by atoms with Crippen molar-refractivity contribution in [2.75, 3.05) is 0 Å². The minimum atomic E-state index is -0.310. The molecule has 4 rings (SSSR count). The zero-order chi connectivity index (χ0) is 19.7. The van der Waals surface area contributed by atoms with E-state index in [1.54, 1.807) is 23.5 Å². The van der Waals surface area contributed by atoms with Crippen LogP contribution in [0.4, 0.5) is 4.39 Å². The number of fused-ring (bicyclic) bond motifs is 1. The quantitative estimate of drug-likeness (QED) is 0.326. The first-order chi connectivity index (χ1) is 13.5. The largest absolute Gasteiger partial charge is 0.347 e. The summed E-state index contributed by atoms with van der Waals surface area (Å²) in [7, 11) is 0. The molecule has 0 aliphatic carbocycles. The normalized spacial score (nSPS) is 11.1. The topological polar surface area (TPSA) is 34.0 Å². The van der Waals surface area contributed by atoms with Gasteiger partial charge in [0.1, 0.15) is 11.5 Å². The van der Waals surface area contributed by atoms with Crippen LogP contribution in [0.1, 0.15) is 21.6 Å². The summed E-state index contributed by atoms with van der Waals surface area (Å²) in [5.74, 6) is -0.494. The average molecular weight is 522 g/mol. The second-order valence-corrected chi connectivity index (χ2v) is 9.03. The van der Waals surface area contributed by atoms with Crippen molar-refractivity contribution in [3.8, 4) is 0 Å². The van der Waals surface area contributed by atoms with Crippen LogP contribution in [0.5, 0.6) is 0 Å². The molecular weight excluding hydrogens is 507 g/mol. The van der Waals surface area contributed by atoms with Crippen LogP contribution in [0, 0.1) is 5.82 Å². The molecular formula is C21H15Br2FN2OS. The molecule has 0 aliphatic heterocycles. The highest BCUT2D eigenvalue weighted by molar-refractivity contribution is 9.11. The van der Waals surface area contributed by atoms with Gasteiger partial charge in [-0.25, -0.2) is 4.39 Å². The van der Waals surface area contributed by atoms with E-state index >= 15 is 0 Å². The Morgan fingerprint density at radius 1 is 1.07 bits per heavy atom. The average Bonchev–Trinajstić information content (AvgIpc) is 3.22. The Morgan fingerprint density at radius 2 is 1.86 bits per heavy atom. The lowest BCUT2D eigenvalue weighted by atomic mass is 10.2. The molecule has 1 N–H and O–H groups in total. The van der Waals surface area contributed by atoms with Gasteiger partial charge in [0.25, 0.3) is 5.91 Å². The van der Waals surface area contributed by atoms with Crippen molar-refractivity contribution in [3.05, 3.63) is 91.6 Å². The van der Waals surface area contributed by atoms with Gasteiger partial charge in [0.05, 0.1) is 14.7 Å². The molecule has 7 heteroatoms. The third-order valence-corrected chi connectivity index (χ3v) is 6.76. The summed E-state index contributed by atoms with van der Waals surface area (Å²) < 4.78 is 18.4.